The topological polar surface area (TPSA) is 20.3 Å². The van der Waals surface area contributed by atoms with Gasteiger partial charge in [-0.15, -0.1) is 0 Å². The van der Waals surface area contributed by atoms with Crippen molar-refractivity contribution >= 4 is 5.91 Å². The predicted octanol–water partition coefficient (Wildman–Crippen LogP) is -0.0751. The van der Waals surface area contributed by atoms with Gasteiger partial charge in [0.05, 0.1) is 27.1 Å². The van der Waals surface area contributed by atoms with Crippen LogP contribution in [0.5, 0.6) is 0 Å². The lowest BCUT2D eigenvalue weighted by Gasteiger charge is -2.37. The fourth-order valence-electron chi connectivity index (χ4n) is 1.32. The minimum atomic E-state index is 0.290. The highest BCUT2D eigenvalue weighted by Gasteiger charge is 2.31. The Labute approximate surface area is 68.2 Å². The minimum Gasteiger partial charge on any atom is -0.295 e. The summed E-state index contributed by atoms with van der Waals surface area (Å²) in [5.41, 5.74) is 0. The molecule has 1 fully saturated rings. The molecule has 0 unspecified atom stereocenters. The molecule has 0 N–H and O–H groups in total. The third kappa shape index (κ3) is 1.79. The smallest absolute Gasteiger partial charge is 0.295 e. The summed E-state index contributed by atoms with van der Waals surface area (Å²) in [7, 11) is 4.12. The van der Waals surface area contributed by atoms with E-state index in [1.807, 2.05) is 7.05 Å². The van der Waals surface area contributed by atoms with E-state index < -0.39 is 0 Å². The predicted molar refractivity (Wildman–Crippen MR) is 44.1 cm³/mol. The van der Waals surface area contributed by atoms with E-state index in [2.05, 4.69) is 11.9 Å². The van der Waals surface area contributed by atoms with Gasteiger partial charge in [-0.3, -0.25) is 9.38 Å². The van der Waals surface area contributed by atoms with Crippen molar-refractivity contribution in [3.8, 4) is 0 Å². The minimum absolute atomic E-state index is 0.290. The molecule has 11 heavy (non-hydrogen) atoms. The van der Waals surface area contributed by atoms with E-state index in [0.717, 1.165) is 26.2 Å². The fraction of sp³-hybridized carbons (Fsp3) is 0.875. The fourth-order valence-corrected chi connectivity index (χ4v) is 1.32. The summed E-state index contributed by atoms with van der Waals surface area (Å²) >= 11 is 0. The van der Waals surface area contributed by atoms with Crippen LogP contribution in [0, 0.1) is 0 Å². The number of rotatable bonds is 0. The van der Waals surface area contributed by atoms with Crippen LogP contribution in [0.3, 0.4) is 0 Å². The van der Waals surface area contributed by atoms with Crippen molar-refractivity contribution in [2.45, 2.75) is 6.92 Å². The van der Waals surface area contributed by atoms with Crippen LogP contribution in [0.1, 0.15) is 6.92 Å². The molecule has 0 atom stereocenters. The molecule has 3 nitrogen and oxygen atoms in total. The van der Waals surface area contributed by atoms with Crippen molar-refractivity contribution in [3.05, 3.63) is 0 Å². The first kappa shape index (κ1) is 8.68. The molecule has 1 amide bonds. The monoisotopic (exact) mass is 157 g/mol. The first-order chi connectivity index (χ1) is 5.04. The highest BCUT2D eigenvalue weighted by Crippen LogP contribution is 2.08. The summed E-state index contributed by atoms with van der Waals surface area (Å²) in [6, 6.07) is 0. The number of piperazine rings is 1. The Balaban J connectivity index is 2.55. The van der Waals surface area contributed by atoms with Gasteiger partial charge >= 0.3 is 5.91 Å². The Morgan fingerprint density at radius 2 is 1.82 bits per heavy atom. The van der Waals surface area contributed by atoms with Crippen molar-refractivity contribution in [2.24, 2.45) is 0 Å². The van der Waals surface area contributed by atoms with Gasteiger partial charge in [-0.05, 0) is 7.05 Å². The molecule has 1 aliphatic heterocycles. The van der Waals surface area contributed by atoms with Crippen LogP contribution in [0.15, 0.2) is 0 Å². The van der Waals surface area contributed by atoms with Crippen LogP contribution < -0.4 is 0 Å². The average Bonchev–Trinajstić information content (AvgIpc) is 1.95. The van der Waals surface area contributed by atoms with Crippen molar-refractivity contribution < 1.29 is 9.28 Å². The van der Waals surface area contributed by atoms with E-state index in [1.54, 1.807) is 6.92 Å². The lowest BCUT2D eigenvalue weighted by Crippen LogP contribution is -2.58. The normalized spacial score (nSPS) is 25.0. The Kier molecular flexibility index (Phi) is 2.30. The Morgan fingerprint density at radius 1 is 1.36 bits per heavy atom. The molecule has 3 heteroatoms. The molecule has 1 rings (SSSR count). The third-order valence-corrected chi connectivity index (χ3v) is 2.71. The summed E-state index contributed by atoms with van der Waals surface area (Å²) < 4.78 is 0.615. The molecular formula is C8H17N2O+. The van der Waals surface area contributed by atoms with Gasteiger partial charge in [0.25, 0.3) is 0 Å². The zero-order valence-electron chi connectivity index (χ0n) is 7.63. The van der Waals surface area contributed by atoms with Crippen molar-refractivity contribution in [3.63, 3.8) is 0 Å². The zero-order chi connectivity index (χ0) is 8.48. The number of amides is 1. The summed E-state index contributed by atoms with van der Waals surface area (Å²) in [6.45, 7) is 5.69. The molecule has 64 valence electrons. The highest BCUT2D eigenvalue weighted by atomic mass is 16.2. The summed E-state index contributed by atoms with van der Waals surface area (Å²) in [5, 5.41) is 0. The average molecular weight is 157 g/mol. The third-order valence-electron chi connectivity index (χ3n) is 2.71. The van der Waals surface area contributed by atoms with Crippen LogP contribution in [0.2, 0.25) is 0 Å². The molecule has 0 spiro atoms. The lowest BCUT2D eigenvalue weighted by molar-refractivity contribution is -0.838. The maximum absolute atomic E-state index is 11.2. The van der Waals surface area contributed by atoms with Gasteiger partial charge in [0.1, 0.15) is 0 Å². The Hall–Kier alpha value is -0.410. The molecule has 0 aliphatic carbocycles. The lowest BCUT2D eigenvalue weighted by atomic mass is 10.3. The second kappa shape index (κ2) is 2.91. The van der Waals surface area contributed by atoms with Gasteiger partial charge in [-0.1, -0.05) is 0 Å². The van der Waals surface area contributed by atoms with Crippen molar-refractivity contribution in [1.82, 2.24) is 4.90 Å². The molecule has 0 aromatic heterocycles. The Morgan fingerprint density at radius 3 is 2.18 bits per heavy atom. The van der Waals surface area contributed by atoms with E-state index in [9.17, 15) is 4.79 Å². The summed E-state index contributed by atoms with van der Waals surface area (Å²) in [4.78, 5) is 13.4. The number of carbonyl (C=O) groups excluding carboxylic acids is 1. The molecule has 1 saturated heterocycles. The van der Waals surface area contributed by atoms with Crippen LogP contribution in [0.25, 0.3) is 0 Å². The largest absolute Gasteiger partial charge is 0.310 e. The van der Waals surface area contributed by atoms with E-state index in [0.29, 0.717) is 4.48 Å². The number of carbonyl (C=O) groups is 1. The summed E-state index contributed by atoms with van der Waals surface area (Å²) in [5.74, 6) is 0.290. The number of hydrogen-bond acceptors (Lipinski definition) is 2. The summed E-state index contributed by atoms with van der Waals surface area (Å²) in [6.07, 6.45) is 0. The second-order valence-corrected chi connectivity index (χ2v) is 3.67. The number of hydrogen-bond donors (Lipinski definition) is 0. The number of nitrogens with zero attached hydrogens (tertiary/aromatic N) is 2. The van der Waals surface area contributed by atoms with Crippen molar-refractivity contribution in [2.75, 3.05) is 40.3 Å². The molecule has 0 aromatic rings. The van der Waals surface area contributed by atoms with Gasteiger partial charge in [0.15, 0.2) is 0 Å². The van der Waals surface area contributed by atoms with Gasteiger partial charge in [0.2, 0.25) is 0 Å². The molecule has 0 saturated carbocycles. The van der Waals surface area contributed by atoms with E-state index in [4.69, 9.17) is 0 Å². The van der Waals surface area contributed by atoms with Crippen molar-refractivity contribution in [1.29, 1.82) is 0 Å². The van der Waals surface area contributed by atoms with E-state index >= 15 is 0 Å². The molecule has 1 aliphatic rings. The second-order valence-electron chi connectivity index (χ2n) is 3.67. The number of quaternary nitrogens is 1. The zero-order valence-corrected chi connectivity index (χ0v) is 7.63. The standard InChI is InChI=1S/C8H17N2O/c1-8(11)10(3)6-4-9(2)5-7-10/h4-7H2,1-3H3/q+1. The maximum atomic E-state index is 11.2. The van der Waals surface area contributed by atoms with Crippen LogP contribution in [-0.4, -0.2) is 55.6 Å². The van der Waals surface area contributed by atoms with Crippen LogP contribution >= 0.6 is 0 Å². The number of likely N-dealkylation sites (N-methyl/N-ethyl adjacent to an activating group) is 2. The Bertz CT molecular complexity index is 159. The van der Waals surface area contributed by atoms with Crippen LogP contribution in [-0.2, 0) is 4.79 Å². The quantitative estimate of drug-likeness (QED) is 0.459. The molecular weight excluding hydrogens is 140 g/mol. The van der Waals surface area contributed by atoms with Gasteiger partial charge in [-0.25, -0.2) is 4.79 Å². The molecule has 0 radical (unpaired) electrons. The first-order valence-corrected chi connectivity index (χ1v) is 4.09. The molecule has 0 bridgehead atoms. The van der Waals surface area contributed by atoms with Crippen LogP contribution in [0.4, 0.5) is 0 Å². The first-order valence-electron chi connectivity index (χ1n) is 4.09. The maximum Gasteiger partial charge on any atom is 0.310 e. The van der Waals surface area contributed by atoms with Gasteiger partial charge in [0, 0.05) is 13.1 Å². The van der Waals surface area contributed by atoms with E-state index in [-0.39, 0.29) is 5.91 Å². The molecule has 1 heterocycles. The molecule has 0 aromatic carbocycles. The SMILES string of the molecule is CC(=O)[N+]1(C)CCN(C)CC1. The van der Waals surface area contributed by atoms with Gasteiger partial charge < -0.3 is 0 Å². The van der Waals surface area contributed by atoms with Gasteiger partial charge in [-0.2, -0.15) is 0 Å². The highest BCUT2D eigenvalue weighted by molar-refractivity contribution is 5.65. The van der Waals surface area contributed by atoms with E-state index in [1.165, 1.54) is 0 Å².